The van der Waals surface area contributed by atoms with Gasteiger partial charge in [-0.1, -0.05) is 0 Å². The Labute approximate surface area is 185 Å². The fourth-order valence-electron chi connectivity index (χ4n) is 3.49. The smallest absolute Gasteiger partial charge is 0.290 e. The van der Waals surface area contributed by atoms with Crippen molar-refractivity contribution in [1.29, 1.82) is 0 Å². The first-order valence-electron chi connectivity index (χ1n) is 9.10. The number of halogens is 1. The minimum Gasteiger partial charge on any atom is -0.369 e. The summed E-state index contributed by atoms with van der Waals surface area (Å²) in [5.74, 6) is -0.446. The fourth-order valence-corrected chi connectivity index (χ4v) is 5.50. The van der Waals surface area contributed by atoms with E-state index in [4.69, 9.17) is 11.6 Å². The molecule has 1 fully saturated rings. The zero-order chi connectivity index (χ0) is 21.8. The molecule has 0 spiro atoms. The number of alkyl halides is 1. The van der Waals surface area contributed by atoms with Gasteiger partial charge in [0.25, 0.3) is 11.1 Å². The van der Waals surface area contributed by atoms with Crippen LogP contribution in [0.5, 0.6) is 0 Å². The molecule has 9 nitrogen and oxygen atoms in total. The van der Waals surface area contributed by atoms with Crippen molar-refractivity contribution in [2.45, 2.75) is 11.8 Å². The van der Waals surface area contributed by atoms with Crippen molar-refractivity contribution in [1.82, 2.24) is 19.9 Å². The number of imide groups is 1. The second-order valence-corrected chi connectivity index (χ2v) is 10.8. The molecule has 1 saturated heterocycles. The Morgan fingerprint density at radius 1 is 1.26 bits per heavy atom. The molecule has 2 aliphatic heterocycles. The highest BCUT2D eigenvalue weighted by Crippen LogP contribution is 2.31. The molecule has 2 amide bonds. The predicted octanol–water partition coefficient (Wildman–Crippen LogP) is 2.65. The molecule has 0 saturated carbocycles. The largest absolute Gasteiger partial charge is 0.369 e. The first-order valence-corrected chi connectivity index (χ1v) is 12.2. The number of thioether (sulfide) groups is 1. The van der Waals surface area contributed by atoms with Crippen LogP contribution < -0.4 is 10.6 Å². The number of pyridine rings is 1. The molecule has 12 heteroatoms. The van der Waals surface area contributed by atoms with E-state index in [0.29, 0.717) is 23.3 Å². The molecule has 2 aromatic heterocycles. The number of carbonyl (C=O) groups is 2. The number of hydrogen-bond donors (Lipinski definition) is 2. The van der Waals surface area contributed by atoms with Gasteiger partial charge in [0.15, 0.2) is 15.5 Å². The van der Waals surface area contributed by atoms with E-state index in [1.54, 1.807) is 29.1 Å². The number of nitrogens with zero attached hydrogens (tertiary/aromatic N) is 3. The Balaban J connectivity index is 1.51. The van der Waals surface area contributed by atoms with Crippen molar-refractivity contribution < 1.29 is 18.0 Å². The number of hydrogen-bond acceptors (Lipinski definition) is 8. The summed E-state index contributed by atoms with van der Waals surface area (Å²) in [5, 5.41) is 3.61. The van der Waals surface area contributed by atoms with Crippen LogP contribution in [0, 0.1) is 0 Å². The molecular formula is C19H14ClN5O4S2. The molecule has 31 heavy (non-hydrogen) atoms. The molecule has 2 aliphatic rings. The van der Waals surface area contributed by atoms with Gasteiger partial charge in [0.05, 0.1) is 10.6 Å². The summed E-state index contributed by atoms with van der Waals surface area (Å²) in [6.07, 6.45) is 3.50. The molecule has 2 N–H and O–H groups in total. The number of aromatic nitrogens is 3. The van der Waals surface area contributed by atoms with Gasteiger partial charge in [0.2, 0.25) is 0 Å². The van der Waals surface area contributed by atoms with Gasteiger partial charge in [-0.25, -0.2) is 18.4 Å². The van der Waals surface area contributed by atoms with Gasteiger partial charge < -0.3 is 5.32 Å². The van der Waals surface area contributed by atoms with Crippen molar-refractivity contribution in [2.75, 3.05) is 10.5 Å². The van der Waals surface area contributed by atoms with Crippen molar-refractivity contribution in [3.05, 3.63) is 52.8 Å². The number of imidazole rings is 1. The summed E-state index contributed by atoms with van der Waals surface area (Å²) in [6.45, 7) is 0. The van der Waals surface area contributed by atoms with Crippen LogP contribution in [-0.2, 0) is 21.1 Å². The second-order valence-electron chi connectivity index (χ2n) is 7.00. The van der Waals surface area contributed by atoms with Crippen LogP contribution >= 0.6 is 23.4 Å². The minimum atomic E-state index is -3.43. The molecule has 1 aromatic carbocycles. The van der Waals surface area contributed by atoms with E-state index in [0.717, 1.165) is 28.7 Å². The van der Waals surface area contributed by atoms with Crippen LogP contribution in [0.25, 0.3) is 22.9 Å². The summed E-state index contributed by atoms with van der Waals surface area (Å²) in [5.41, 5.74) is 4.11. The summed E-state index contributed by atoms with van der Waals surface area (Å²) < 4.78 is 26.0. The van der Waals surface area contributed by atoms with Crippen molar-refractivity contribution in [3.8, 4) is 5.69 Å². The summed E-state index contributed by atoms with van der Waals surface area (Å²) in [6, 6.07) is 9.05. The van der Waals surface area contributed by atoms with Gasteiger partial charge in [-0.05, 0) is 53.7 Å². The number of rotatable bonds is 4. The van der Waals surface area contributed by atoms with Gasteiger partial charge in [0, 0.05) is 17.8 Å². The zero-order valence-corrected chi connectivity index (χ0v) is 18.1. The standard InChI is InChI=1S/C19H14ClN5O4S2/c20-8-31(28,29)16-6-10-5-12(2-4-13(10)23-16)25-9-21-14-3-1-11(22-17(14)25)7-15-18(26)24-19(27)30-15/h1-5,7,9,16,23H,6,8H2,(H,24,26,27). The normalized spacial score (nSPS) is 19.6. The van der Waals surface area contributed by atoms with Gasteiger partial charge in [0.1, 0.15) is 22.4 Å². The Kier molecular flexibility index (Phi) is 4.76. The quantitative estimate of drug-likeness (QED) is 0.436. The molecular weight excluding hydrogens is 462 g/mol. The number of carbonyl (C=O) groups excluding carboxylic acids is 2. The number of fused-ring (bicyclic) bond motifs is 2. The maximum atomic E-state index is 12.1. The van der Waals surface area contributed by atoms with Gasteiger partial charge in [-0.3, -0.25) is 19.5 Å². The Morgan fingerprint density at radius 2 is 2.10 bits per heavy atom. The number of sulfone groups is 1. The van der Waals surface area contributed by atoms with E-state index in [2.05, 4.69) is 20.6 Å². The van der Waals surface area contributed by atoms with Crippen molar-refractivity contribution in [3.63, 3.8) is 0 Å². The lowest BCUT2D eigenvalue weighted by molar-refractivity contribution is -0.115. The topological polar surface area (TPSA) is 123 Å². The summed E-state index contributed by atoms with van der Waals surface area (Å²) >= 11 is 6.42. The number of nitrogens with one attached hydrogen (secondary N) is 2. The molecule has 3 aromatic rings. The van der Waals surface area contributed by atoms with E-state index in [-0.39, 0.29) is 4.91 Å². The first kappa shape index (κ1) is 20.0. The Bertz CT molecular complexity index is 1400. The summed E-state index contributed by atoms with van der Waals surface area (Å²) in [7, 11) is -3.43. The van der Waals surface area contributed by atoms with Crippen molar-refractivity contribution in [2.24, 2.45) is 0 Å². The number of benzene rings is 1. The molecule has 0 aliphatic carbocycles. The molecule has 0 radical (unpaired) electrons. The van der Waals surface area contributed by atoms with Crippen LogP contribution in [0.2, 0.25) is 0 Å². The average molecular weight is 476 g/mol. The molecule has 1 unspecified atom stereocenters. The lowest BCUT2D eigenvalue weighted by Crippen LogP contribution is -2.27. The number of anilines is 1. The van der Waals surface area contributed by atoms with Crippen LogP contribution in [0.1, 0.15) is 11.3 Å². The lowest BCUT2D eigenvalue weighted by Gasteiger charge is -2.09. The van der Waals surface area contributed by atoms with Crippen LogP contribution in [-0.4, -0.2) is 44.7 Å². The highest BCUT2D eigenvalue weighted by atomic mass is 35.5. The van der Waals surface area contributed by atoms with E-state index < -0.39 is 31.6 Å². The highest BCUT2D eigenvalue weighted by Gasteiger charge is 2.31. The second kappa shape index (κ2) is 7.36. The molecule has 4 heterocycles. The van der Waals surface area contributed by atoms with Crippen LogP contribution in [0.15, 0.2) is 41.6 Å². The van der Waals surface area contributed by atoms with Gasteiger partial charge in [-0.15, -0.1) is 11.6 Å². The molecule has 5 rings (SSSR count). The van der Waals surface area contributed by atoms with Gasteiger partial charge >= 0.3 is 0 Å². The third kappa shape index (κ3) is 3.58. The van der Waals surface area contributed by atoms with E-state index >= 15 is 0 Å². The van der Waals surface area contributed by atoms with E-state index in [1.807, 2.05) is 18.2 Å². The SMILES string of the molecule is O=C1NC(=O)C(=Cc2ccc3ncn(-c4ccc5c(c4)CC(S(=O)(=O)CCl)N5)c3n2)S1. The monoisotopic (exact) mass is 475 g/mol. The fraction of sp³-hybridized carbons (Fsp3) is 0.158. The highest BCUT2D eigenvalue weighted by molar-refractivity contribution is 8.18. The maximum absolute atomic E-state index is 12.1. The summed E-state index contributed by atoms with van der Waals surface area (Å²) in [4.78, 5) is 32.4. The lowest BCUT2D eigenvalue weighted by atomic mass is 10.1. The molecule has 1 atom stereocenters. The van der Waals surface area contributed by atoms with Crippen LogP contribution in [0.3, 0.4) is 0 Å². The Morgan fingerprint density at radius 3 is 2.84 bits per heavy atom. The van der Waals surface area contributed by atoms with Gasteiger partial charge in [-0.2, -0.15) is 0 Å². The van der Waals surface area contributed by atoms with Crippen molar-refractivity contribution >= 4 is 67.3 Å². The predicted molar refractivity (Wildman–Crippen MR) is 119 cm³/mol. The van der Waals surface area contributed by atoms with Crippen LogP contribution in [0.4, 0.5) is 10.5 Å². The zero-order valence-electron chi connectivity index (χ0n) is 15.7. The third-order valence-corrected chi connectivity index (χ3v) is 8.19. The molecule has 158 valence electrons. The molecule has 0 bridgehead atoms. The third-order valence-electron chi connectivity index (χ3n) is 5.01. The maximum Gasteiger partial charge on any atom is 0.290 e. The minimum absolute atomic E-state index is 0.276. The Hall–Kier alpha value is -2.89. The first-order chi connectivity index (χ1) is 14.8. The van der Waals surface area contributed by atoms with E-state index in [1.165, 1.54) is 0 Å². The van der Waals surface area contributed by atoms with E-state index in [9.17, 15) is 18.0 Å². The average Bonchev–Trinajstić information content (AvgIpc) is 3.44. The number of amides is 2.